The second kappa shape index (κ2) is 11.1. The third kappa shape index (κ3) is 6.82. The van der Waals surface area contributed by atoms with E-state index in [1.165, 1.54) is 16.5 Å². The van der Waals surface area contributed by atoms with Crippen molar-refractivity contribution in [2.75, 3.05) is 19.6 Å². The van der Waals surface area contributed by atoms with Crippen LogP contribution < -0.4 is 15.5 Å². The highest BCUT2D eigenvalue weighted by Crippen LogP contribution is 2.22. The molecule has 2 aromatic carbocycles. The Labute approximate surface area is 176 Å². The number of quaternary nitrogens is 1. The van der Waals surface area contributed by atoms with Gasteiger partial charge in [-0.05, 0) is 37.6 Å². The summed E-state index contributed by atoms with van der Waals surface area (Å²) in [6.07, 6.45) is 0. The Balaban J connectivity index is 1.77. The summed E-state index contributed by atoms with van der Waals surface area (Å²) in [5.41, 5.74) is 2.65. The number of nitrogens with one attached hydrogen (secondary N) is 3. The number of carbonyl (C=O) groups is 2. The van der Waals surface area contributed by atoms with Gasteiger partial charge in [-0.15, -0.1) is 0 Å². The monoisotopic (exact) mass is 422 g/mol. The van der Waals surface area contributed by atoms with E-state index < -0.39 is 0 Å². The first-order valence-corrected chi connectivity index (χ1v) is 10.1. The van der Waals surface area contributed by atoms with Gasteiger partial charge in [-0.25, -0.2) is 0 Å². The van der Waals surface area contributed by atoms with Crippen molar-refractivity contribution in [2.24, 2.45) is 0 Å². The van der Waals surface area contributed by atoms with E-state index in [0.717, 1.165) is 25.2 Å². The van der Waals surface area contributed by atoms with Gasteiger partial charge in [0.2, 0.25) is 5.91 Å². The van der Waals surface area contributed by atoms with Crippen LogP contribution in [0.15, 0.2) is 42.5 Å². The van der Waals surface area contributed by atoms with E-state index in [-0.39, 0.29) is 18.4 Å². The summed E-state index contributed by atoms with van der Waals surface area (Å²) in [5, 5.41) is 6.04. The van der Waals surface area contributed by atoms with Crippen LogP contribution in [0, 0.1) is 0 Å². The SMILES string of the molecule is CC[NH+](CC)Cc1ccc(CNC(=O)CNC(=O)c2ccc(Cl)c(Cl)c2)cc1. The van der Waals surface area contributed by atoms with Crippen molar-refractivity contribution in [1.82, 2.24) is 10.6 Å². The maximum atomic E-state index is 12.1. The number of amides is 2. The standard InChI is InChI=1S/C21H25Cl2N3O2/c1-3-26(4-2)14-16-7-5-15(6-8-16)12-24-20(27)13-25-21(28)17-9-10-18(22)19(23)11-17/h5-11H,3-4,12-14H2,1-2H3,(H,24,27)(H,25,28)/p+1. The van der Waals surface area contributed by atoms with Gasteiger partial charge in [-0.2, -0.15) is 0 Å². The van der Waals surface area contributed by atoms with Gasteiger partial charge < -0.3 is 15.5 Å². The number of carbonyl (C=O) groups excluding carboxylic acids is 2. The van der Waals surface area contributed by atoms with Gasteiger partial charge >= 0.3 is 0 Å². The van der Waals surface area contributed by atoms with Gasteiger partial charge in [0.05, 0.1) is 29.7 Å². The molecule has 0 aliphatic heterocycles. The zero-order valence-electron chi connectivity index (χ0n) is 16.1. The third-order valence-electron chi connectivity index (χ3n) is 4.56. The summed E-state index contributed by atoms with van der Waals surface area (Å²) < 4.78 is 0. The van der Waals surface area contributed by atoms with Crippen LogP contribution in [0.1, 0.15) is 35.3 Å². The van der Waals surface area contributed by atoms with E-state index in [1.54, 1.807) is 12.1 Å². The van der Waals surface area contributed by atoms with Crippen molar-refractivity contribution in [1.29, 1.82) is 0 Å². The summed E-state index contributed by atoms with van der Waals surface area (Å²) in [4.78, 5) is 25.6. The highest BCUT2D eigenvalue weighted by Gasteiger charge is 2.10. The molecule has 150 valence electrons. The van der Waals surface area contributed by atoms with Gasteiger partial charge in [-0.3, -0.25) is 9.59 Å². The van der Waals surface area contributed by atoms with Crippen LogP contribution in [-0.4, -0.2) is 31.4 Å². The molecular weight excluding hydrogens is 397 g/mol. The van der Waals surface area contributed by atoms with Crippen LogP contribution in [-0.2, 0) is 17.9 Å². The summed E-state index contributed by atoms with van der Waals surface area (Å²) in [6, 6.07) is 12.8. The topological polar surface area (TPSA) is 62.6 Å². The van der Waals surface area contributed by atoms with Crippen LogP contribution in [0.25, 0.3) is 0 Å². The average molecular weight is 423 g/mol. The number of halogens is 2. The van der Waals surface area contributed by atoms with Gasteiger partial charge in [-0.1, -0.05) is 47.5 Å². The molecule has 0 spiro atoms. The average Bonchev–Trinajstić information content (AvgIpc) is 2.71. The normalized spacial score (nSPS) is 10.8. The molecule has 0 aliphatic carbocycles. The van der Waals surface area contributed by atoms with Crippen LogP contribution in [0.4, 0.5) is 0 Å². The smallest absolute Gasteiger partial charge is 0.251 e. The van der Waals surface area contributed by atoms with E-state index in [1.807, 2.05) is 12.1 Å². The first kappa shape index (κ1) is 22.2. The van der Waals surface area contributed by atoms with E-state index in [9.17, 15) is 9.59 Å². The van der Waals surface area contributed by atoms with Crippen molar-refractivity contribution in [3.63, 3.8) is 0 Å². The molecule has 0 saturated heterocycles. The molecule has 0 saturated carbocycles. The Hall–Kier alpha value is -2.08. The molecule has 0 heterocycles. The molecule has 0 bridgehead atoms. The fraction of sp³-hybridized carbons (Fsp3) is 0.333. The van der Waals surface area contributed by atoms with Crippen molar-refractivity contribution >= 4 is 35.0 Å². The minimum absolute atomic E-state index is 0.109. The first-order chi connectivity index (χ1) is 13.4. The first-order valence-electron chi connectivity index (χ1n) is 9.34. The van der Waals surface area contributed by atoms with Crippen molar-refractivity contribution in [2.45, 2.75) is 26.9 Å². The second-order valence-corrected chi connectivity index (χ2v) is 7.35. The van der Waals surface area contributed by atoms with Crippen LogP contribution in [0.5, 0.6) is 0 Å². The highest BCUT2D eigenvalue weighted by atomic mass is 35.5. The van der Waals surface area contributed by atoms with Gasteiger partial charge in [0.1, 0.15) is 6.54 Å². The molecule has 2 amide bonds. The Morgan fingerprint density at radius 1 is 0.893 bits per heavy atom. The Kier molecular flexibility index (Phi) is 8.77. The molecule has 0 aliphatic rings. The molecule has 7 heteroatoms. The van der Waals surface area contributed by atoms with Crippen LogP contribution in [0.3, 0.4) is 0 Å². The Bertz CT molecular complexity index is 806. The molecule has 3 N–H and O–H groups in total. The summed E-state index contributed by atoms with van der Waals surface area (Å²) in [7, 11) is 0. The lowest BCUT2D eigenvalue weighted by Crippen LogP contribution is -3.10. The van der Waals surface area contributed by atoms with E-state index >= 15 is 0 Å². The van der Waals surface area contributed by atoms with Crippen molar-refractivity contribution in [3.8, 4) is 0 Å². The molecule has 5 nitrogen and oxygen atoms in total. The van der Waals surface area contributed by atoms with Crippen LogP contribution in [0.2, 0.25) is 10.0 Å². The van der Waals surface area contributed by atoms with Gasteiger partial charge in [0.25, 0.3) is 5.91 Å². The zero-order valence-corrected chi connectivity index (χ0v) is 17.7. The maximum Gasteiger partial charge on any atom is 0.251 e. The Morgan fingerprint density at radius 3 is 2.14 bits per heavy atom. The number of hydrogen-bond acceptors (Lipinski definition) is 2. The molecule has 0 atom stereocenters. The zero-order chi connectivity index (χ0) is 20.5. The minimum Gasteiger partial charge on any atom is -0.350 e. The molecule has 0 radical (unpaired) electrons. The fourth-order valence-electron chi connectivity index (χ4n) is 2.73. The lowest BCUT2D eigenvalue weighted by Gasteiger charge is -2.15. The minimum atomic E-state index is -0.378. The molecule has 2 aromatic rings. The van der Waals surface area contributed by atoms with Gasteiger partial charge in [0, 0.05) is 17.7 Å². The number of rotatable bonds is 9. The van der Waals surface area contributed by atoms with Crippen molar-refractivity contribution < 1.29 is 14.5 Å². The molecule has 0 fully saturated rings. The number of benzene rings is 2. The third-order valence-corrected chi connectivity index (χ3v) is 5.30. The predicted octanol–water partition coefficient (Wildman–Crippen LogP) is 2.46. The van der Waals surface area contributed by atoms with Gasteiger partial charge in [0.15, 0.2) is 0 Å². The lowest BCUT2D eigenvalue weighted by molar-refractivity contribution is -0.910. The maximum absolute atomic E-state index is 12.1. The van der Waals surface area contributed by atoms with E-state index in [0.29, 0.717) is 22.2 Å². The Morgan fingerprint density at radius 2 is 1.54 bits per heavy atom. The van der Waals surface area contributed by atoms with E-state index in [2.05, 4.69) is 36.6 Å². The van der Waals surface area contributed by atoms with Crippen molar-refractivity contribution in [3.05, 3.63) is 69.2 Å². The molecule has 2 rings (SSSR count). The van der Waals surface area contributed by atoms with Crippen LogP contribution >= 0.6 is 23.2 Å². The lowest BCUT2D eigenvalue weighted by atomic mass is 10.1. The molecule has 0 unspecified atom stereocenters. The largest absolute Gasteiger partial charge is 0.350 e. The summed E-state index contributed by atoms with van der Waals surface area (Å²) >= 11 is 11.7. The molecule has 0 aromatic heterocycles. The second-order valence-electron chi connectivity index (χ2n) is 6.54. The fourth-order valence-corrected chi connectivity index (χ4v) is 3.02. The molecule has 28 heavy (non-hydrogen) atoms. The number of hydrogen-bond donors (Lipinski definition) is 3. The molecular formula is C21H26Cl2N3O2+. The highest BCUT2D eigenvalue weighted by molar-refractivity contribution is 6.42. The predicted molar refractivity (Wildman–Crippen MR) is 113 cm³/mol. The summed E-state index contributed by atoms with van der Waals surface area (Å²) in [5.74, 6) is -0.637. The summed E-state index contributed by atoms with van der Waals surface area (Å²) in [6.45, 7) is 7.87. The quantitative estimate of drug-likeness (QED) is 0.581. The van der Waals surface area contributed by atoms with E-state index in [4.69, 9.17) is 23.2 Å².